The average molecular weight is 295 g/mol. The quantitative estimate of drug-likeness (QED) is 0.861. The van der Waals surface area contributed by atoms with Crippen LogP contribution >= 0.6 is 0 Å². The number of nitrogens with zero attached hydrogens (tertiary/aromatic N) is 1. The van der Waals surface area contributed by atoms with E-state index in [4.69, 9.17) is 5.26 Å². The van der Waals surface area contributed by atoms with E-state index in [0.717, 1.165) is 31.2 Å². The van der Waals surface area contributed by atoms with Crippen LogP contribution in [0.1, 0.15) is 54.2 Å². The Morgan fingerprint density at radius 1 is 0.955 bits per heavy atom. The SMILES string of the molecule is N#Cc1c(O)cc(C2CCC(c3ccccc3)CC2)cc1F. The van der Waals surface area contributed by atoms with E-state index in [2.05, 4.69) is 24.3 Å². The van der Waals surface area contributed by atoms with Gasteiger partial charge in [0.2, 0.25) is 0 Å². The van der Waals surface area contributed by atoms with E-state index >= 15 is 0 Å². The first kappa shape index (κ1) is 14.6. The Morgan fingerprint density at radius 2 is 1.55 bits per heavy atom. The van der Waals surface area contributed by atoms with Crippen LogP contribution in [0.3, 0.4) is 0 Å². The van der Waals surface area contributed by atoms with Crippen molar-refractivity contribution in [2.75, 3.05) is 0 Å². The minimum Gasteiger partial charge on any atom is -0.506 e. The first-order chi connectivity index (χ1) is 10.7. The molecule has 2 aromatic rings. The molecule has 0 aromatic heterocycles. The lowest BCUT2D eigenvalue weighted by molar-refractivity contribution is 0.393. The molecule has 0 atom stereocenters. The van der Waals surface area contributed by atoms with Crippen LogP contribution in [0.15, 0.2) is 42.5 Å². The molecular weight excluding hydrogens is 277 g/mol. The molecule has 0 unspecified atom stereocenters. The van der Waals surface area contributed by atoms with E-state index in [0.29, 0.717) is 5.92 Å². The van der Waals surface area contributed by atoms with Gasteiger partial charge < -0.3 is 5.11 Å². The summed E-state index contributed by atoms with van der Waals surface area (Å²) in [6.07, 6.45) is 4.09. The van der Waals surface area contributed by atoms with Crippen LogP contribution in [0.5, 0.6) is 5.75 Å². The van der Waals surface area contributed by atoms with Crippen LogP contribution in [0, 0.1) is 17.1 Å². The molecule has 0 bridgehead atoms. The van der Waals surface area contributed by atoms with Gasteiger partial charge in [-0.25, -0.2) is 4.39 Å². The number of halogens is 1. The molecule has 1 aliphatic rings. The first-order valence-electron chi connectivity index (χ1n) is 7.66. The Hall–Kier alpha value is -2.34. The van der Waals surface area contributed by atoms with Crippen molar-refractivity contribution in [3.05, 3.63) is 65.0 Å². The molecule has 3 heteroatoms. The van der Waals surface area contributed by atoms with Gasteiger partial charge in [0.05, 0.1) is 0 Å². The van der Waals surface area contributed by atoms with E-state index < -0.39 is 5.82 Å². The van der Waals surface area contributed by atoms with Gasteiger partial charge in [0.25, 0.3) is 0 Å². The van der Waals surface area contributed by atoms with Gasteiger partial charge in [-0.05, 0) is 60.8 Å². The van der Waals surface area contributed by atoms with Crippen LogP contribution in [0.25, 0.3) is 0 Å². The number of hydrogen-bond acceptors (Lipinski definition) is 2. The summed E-state index contributed by atoms with van der Waals surface area (Å²) < 4.78 is 13.8. The van der Waals surface area contributed by atoms with Crippen molar-refractivity contribution in [2.24, 2.45) is 0 Å². The van der Waals surface area contributed by atoms with Crippen LogP contribution in [0.2, 0.25) is 0 Å². The second kappa shape index (κ2) is 6.19. The van der Waals surface area contributed by atoms with Gasteiger partial charge in [-0.2, -0.15) is 5.26 Å². The normalized spacial score (nSPS) is 21.3. The van der Waals surface area contributed by atoms with Crippen molar-refractivity contribution in [3.63, 3.8) is 0 Å². The summed E-state index contributed by atoms with van der Waals surface area (Å²) in [5, 5.41) is 18.6. The molecule has 0 saturated heterocycles. The molecule has 0 amide bonds. The Kier molecular flexibility index (Phi) is 4.11. The molecule has 2 nitrogen and oxygen atoms in total. The second-order valence-electron chi connectivity index (χ2n) is 5.97. The number of hydrogen-bond donors (Lipinski definition) is 1. The third-order valence-electron chi connectivity index (χ3n) is 4.67. The summed E-state index contributed by atoms with van der Waals surface area (Å²) in [7, 11) is 0. The molecule has 112 valence electrons. The Balaban J connectivity index is 1.73. The number of benzene rings is 2. The van der Waals surface area contributed by atoms with E-state index in [1.54, 1.807) is 12.1 Å². The van der Waals surface area contributed by atoms with E-state index in [1.807, 2.05) is 6.07 Å². The third-order valence-corrected chi connectivity index (χ3v) is 4.67. The lowest BCUT2D eigenvalue weighted by Crippen LogP contribution is -2.12. The van der Waals surface area contributed by atoms with Gasteiger partial charge in [0.1, 0.15) is 23.2 Å². The maximum absolute atomic E-state index is 13.8. The molecule has 1 N–H and O–H groups in total. The zero-order valence-electron chi connectivity index (χ0n) is 12.3. The predicted octanol–water partition coefficient (Wildman–Crippen LogP) is 4.84. The second-order valence-corrected chi connectivity index (χ2v) is 5.97. The molecule has 0 aliphatic heterocycles. The Morgan fingerprint density at radius 3 is 2.09 bits per heavy atom. The highest BCUT2D eigenvalue weighted by atomic mass is 19.1. The molecule has 1 aliphatic carbocycles. The van der Waals surface area contributed by atoms with Gasteiger partial charge in [-0.3, -0.25) is 0 Å². The van der Waals surface area contributed by atoms with Crippen molar-refractivity contribution in [3.8, 4) is 11.8 Å². The fourth-order valence-electron chi connectivity index (χ4n) is 3.44. The lowest BCUT2D eigenvalue weighted by Gasteiger charge is -2.29. The number of rotatable bonds is 2. The highest BCUT2D eigenvalue weighted by Crippen LogP contribution is 2.41. The zero-order valence-corrected chi connectivity index (χ0v) is 12.3. The number of nitriles is 1. The third kappa shape index (κ3) is 2.82. The summed E-state index contributed by atoms with van der Waals surface area (Å²) >= 11 is 0. The molecule has 0 spiro atoms. The van der Waals surface area contributed by atoms with Crippen LogP contribution in [-0.2, 0) is 0 Å². The van der Waals surface area contributed by atoms with Gasteiger partial charge >= 0.3 is 0 Å². The van der Waals surface area contributed by atoms with Gasteiger partial charge in [0.15, 0.2) is 0 Å². The standard InChI is InChI=1S/C19H18FNO/c20-18-10-16(11-19(22)17(18)12-21)15-8-6-14(7-9-15)13-4-2-1-3-5-13/h1-5,10-11,14-15,22H,6-9H2. The fraction of sp³-hybridized carbons (Fsp3) is 0.316. The molecule has 0 heterocycles. The van der Waals surface area contributed by atoms with Crippen LogP contribution in [0.4, 0.5) is 4.39 Å². The average Bonchev–Trinajstić information content (AvgIpc) is 2.55. The predicted molar refractivity (Wildman–Crippen MR) is 83.2 cm³/mol. The summed E-state index contributed by atoms with van der Waals surface area (Å²) in [6, 6.07) is 15.1. The zero-order chi connectivity index (χ0) is 15.5. The van der Waals surface area contributed by atoms with Gasteiger partial charge in [0, 0.05) is 0 Å². The molecule has 1 fully saturated rings. The van der Waals surface area contributed by atoms with Gasteiger partial charge in [-0.15, -0.1) is 0 Å². The first-order valence-corrected chi connectivity index (χ1v) is 7.66. The molecule has 2 aromatic carbocycles. The monoisotopic (exact) mass is 295 g/mol. The largest absolute Gasteiger partial charge is 0.506 e. The molecule has 1 saturated carbocycles. The van der Waals surface area contributed by atoms with Crippen molar-refractivity contribution in [1.29, 1.82) is 5.26 Å². The van der Waals surface area contributed by atoms with Crippen LogP contribution < -0.4 is 0 Å². The minimum absolute atomic E-state index is 0.248. The van der Waals surface area contributed by atoms with E-state index in [9.17, 15) is 9.50 Å². The molecular formula is C19H18FNO. The van der Waals surface area contributed by atoms with Crippen LogP contribution in [-0.4, -0.2) is 5.11 Å². The summed E-state index contributed by atoms with van der Waals surface area (Å²) in [5.41, 5.74) is 1.91. The smallest absolute Gasteiger partial charge is 0.145 e. The number of phenols is 1. The van der Waals surface area contributed by atoms with E-state index in [-0.39, 0.29) is 17.2 Å². The Bertz CT molecular complexity index is 674. The number of phenolic OH excluding ortho intramolecular Hbond substituents is 1. The van der Waals surface area contributed by atoms with Crippen molar-refractivity contribution in [2.45, 2.75) is 37.5 Å². The number of aromatic hydroxyl groups is 1. The summed E-state index contributed by atoms with van der Waals surface area (Å²) in [5.74, 6) is -0.0484. The maximum Gasteiger partial charge on any atom is 0.145 e. The molecule has 3 rings (SSSR count). The van der Waals surface area contributed by atoms with Crippen molar-refractivity contribution < 1.29 is 9.50 Å². The maximum atomic E-state index is 13.8. The van der Waals surface area contributed by atoms with Gasteiger partial charge in [-0.1, -0.05) is 30.3 Å². The highest BCUT2D eigenvalue weighted by molar-refractivity contribution is 5.46. The highest BCUT2D eigenvalue weighted by Gasteiger charge is 2.24. The topological polar surface area (TPSA) is 44.0 Å². The fourth-order valence-corrected chi connectivity index (χ4v) is 3.44. The molecule has 22 heavy (non-hydrogen) atoms. The lowest BCUT2D eigenvalue weighted by atomic mass is 9.76. The van der Waals surface area contributed by atoms with Crippen molar-refractivity contribution >= 4 is 0 Å². The van der Waals surface area contributed by atoms with E-state index in [1.165, 1.54) is 11.6 Å². The minimum atomic E-state index is -0.623. The Labute approximate surface area is 129 Å². The summed E-state index contributed by atoms with van der Waals surface area (Å²) in [6.45, 7) is 0. The molecule has 0 radical (unpaired) electrons. The van der Waals surface area contributed by atoms with Crippen molar-refractivity contribution in [1.82, 2.24) is 0 Å². The summed E-state index contributed by atoms with van der Waals surface area (Å²) in [4.78, 5) is 0.